The summed E-state index contributed by atoms with van der Waals surface area (Å²) < 4.78 is 6.90. The second-order valence-electron chi connectivity index (χ2n) is 6.73. The Hall–Kier alpha value is -4.56. The second kappa shape index (κ2) is 9.29. The number of esters is 1. The Labute approximate surface area is 191 Å². The zero-order chi connectivity index (χ0) is 23.4. The van der Waals surface area contributed by atoms with Gasteiger partial charge in [-0.1, -0.05) is 24.3 Å². The van der Waals surface area contributed by atoms with E-state index in [1.165, 1.54) is 22.9 Å². The average molecular weight is 458 g/mol. The van der Waals surface area contributed by atoms with E-state index in [9.17, 15) is 14.9 Å². The van der Waals surface area contributed by atoms with Crippen LogP contribution < -0.4 is 4.74 Å². The van der Waals surface area contributed by atoms with E-state index in [2.05, 4.69) is 21.6 Å². The lowest BCUT2D eigenvalue weighted by Crippen LogP contribution is -2.10. The lowest BCUT2D eigenvalue weighted by Gasteiger charge is -2.09. The zero-order valence-corrected chi connectivity index (χ0v) is 17.9. The van der Waals surface area contributed by atoms with Gasteiger partial charge >= 0.3 is 5.97 Å². The van der Waals surface area contributed by atoms with Crippen LogP contribution in [0.2, 0.25) is 0 Å². The molecule has 3 aromatic carbocycles. The van der Waals surface area contributed by atoms with Crippen molar-refractivity contribution in [1.82, 2.24) is 20.2 Å². The quantitative estimate of drug-likeness (QED) is 0.181. The molecule has 33 heavy (non-hydrogen) atoms. The summed E-state index contributed by atoms with van der Waals surface area (Å²) in [6, 6.07) is 19.9. The topological polar surface area (TPSA) is 137 Å². The molecule has 162 valence electrons. The number of carbonyl (C=O) groups excluding carboxylic acids is 1. The van der Waals surface area contributed by atoms with Gasteiger partial charge in [-0.2, -0.15) is 5.26 Å². The van der Waals surface area contributed by atoms with Crippen molar-refractivity contribution in [3.63, 3.8) is 0 Å². The Morgan fingerprint density at radius 2 is 1.76 bits per heavy atom. The molecule has 0 bridgehead atoms. The number of nitrogens with zero attached hydrogens (tertiary/aromatic N) is 6. The van der Waals surface area contributed by atoms with Gasteiger partial charge in [0.25, 0.3) is 5.69 Å². The summed E-state index contributed by atoms with van der Waals surface area (Å²) in [5.41, 5.74) is 2.13. The van der Waals surface area contributed by atoms with Crippen molar-refractivity contribution in [3.05, 3.63) is 88.0 Å². The third-order valence-electron chi connectivity index (χ3n) is 4.59. The van der Waals surface area contributed by atoms with E-state index in [0.29, 0.717) is 15.6 Å². The van der Waals surface area contributed by atoms with Crippen LogP contribution >= 0.6 is 11.8 Å². The highest BCUT2D eigenvalue weighted by molar-refractivity contribution is 7.99. The average Bonchev–Trinajstić information content (AvgIpc) is 3.24. The van der Waals surface area contributed by atoms with E-state index in [1.807, 2.05) is 12.1 Å². The molecule has 0 aliphatic rings. The SMILES string of the molecule is Cn1nnnc1Sc1ccc([N+](=O)[O-])cc1C(=O)Oc1ccc(-c2ccc(C#N)cc2)cc1. The molecular formula is C22H14N6O4S. The molecule has 0 aliphatic heterocycles. The third kappa shape index (κ3) is 4.86. The Bertz CT molecular complexity index is 1380. The molecule has 0 unspecified atom stereocenters. The van der Waals surface area contributed by atoms with Gasteiger partial charge in [-0.25, -0.2) is 9.48 Å². The van der Waals surface area contributed by atoms with Crippen LogP contribution in [0.25, 0.3) is 11.1 Å². The minimum absolute atomic E-state index is 0.0216. The summed E-state index contributed by atoms with van der Waals surface area (Å²) in [5.74, 6) is -0.470. The Balaban J connectivity index is 1.58. The molecule has 1 aromatic heterocycles. The molecule has 0 fully saturated rings. The summed E-state index contributed by atoms with van der Waals surface area (Å²) in [6.45, 7) is 0. The highest BCUT2D eigenvalue weighted by atomic mass is 32.2. The fourth-order valence-corrected chi connectivity index (χ4v) is 3.73. The first-order valence-electron chi connectivity index (χ1n) is 9.46. The number of ether oxygens (including phenoxy) is 1. The maximum Gasteiger partial charge on any atom is 0.344 e. The maximum atomic E-state index is 12.9. The smallest absolute Gasteiger partial charge is 0.344 e. The summed E-state index contributed by atoms with van der Waals surface area (Å²) in [4.78, 5) is 24.0. The number of nitriles is 1. The number of carbonyl (C=O) groups is 1. The molecule has 0 saturated heterocycles. The van der Waals surface area contributed by atoms with Crippen LogP contribution in [0.5, 0.6) is 5.75 Å². The van der Waals surface area contributed by atoms with Gasteiger partial charge in [-0.3, -0.25) is 10.1 Å². The predicted molar refractivity (Wildman–Crippen MR) is 118 cm³/mol. The van der Waals surface area contributed by atoms with Crippen LogP contribution in [-0.4, -0.2) is 31.1 Å². The molecule has 4 aromatic rings. The summed E-state index contributed by atoms with van der Waals surface area (Å²) in [5, 5.41) is 31.7. The number of benzene rings is 3. The molecular weight excluding hydrogens is 444 g/mol. The van der Waals surface area contributed by atoms with E-state index < -0.39 is 10.9 Å². The molecule has 0 spiro atoms. The van der Waals surface area contributed by atoms with E-state index in [1.54, 1.807) is 43.4 Å². The number of nitro groups is 1. The number of nitro benzene ring substituents is 1. The van der Waals surface area contributed by atoms with Crippen LogP contribution in [-0.2, 0) is 7.05 Å². The lowest BCUT2D eigenvalue weighted by molar-refractivity contribution is -0.384. The van der Waals surface area contributed by atoms with Crippen molar-refractivity contribution in [3.8, 4) is 22.9 Å². The van der Waals surface area contributed by atoms with Crippen LogP contribution in [0.15, 0.2) is 76.8 Å². The van der Waals surface area contributed by atoms with Crippen LogP contribution in [0, 0.1) is 21.4 Å². The number of aryl methyl sites for hydroxylation is 1. The molecule has 0 saturated carbocycles. The van der Waals surface area contributed by atoms with Gasteiger partial charge in [0, 0.05) is 24.1 Å². The normalized spacial score (nSPS) is 10.4. The minimum atomic E-state index is -0.748. The van der Waals surface area contributed by atoms with E-state index >= 15 is 0 Å². The number of aromatic nitrogens is 4. The monoisotopic (exact) mass is 458 g/mol. The Morgan fingerprint density at radius 1 is 1.09 bits per heavy atom. The number of rotatable bonds is 6. The van der Waals surface area contributed by atoms with Crippen molar-refractivity contribution in [2.24, 2.45) is 7.05 Å². The summed E-state index contributed by atoms with van der Waals surface area (Å²) >= 11 is 1.09. The number of tetrazole rings is 1. The highest BCUT2D eigenvalue weighted by Gasteiger charge is 2.21. The first-order valence-corrected chi connectivity index (χ1v) is 10.3. The Morgan fingerprint density at radius 3 is 2.33 bits per heavy atom. The third-order valence-corrected chi connectivity index (χ3v) is 5.69. The molecule has 10 nitrogen and oxygen atoms in total. The van der Waals surface area contributed by atoms with Crippen molar-refractivity contribution >= 4 is 23.4 Å². The predicted octanol–water partition coefficient (Wildman–Crippen LogP) is 4.03. The van der Waals surface area contributed by atoms with Crippen LogP contribution in [0.1, 0.15) is 15.9 Å². The second-order valence-corrected chi connectivity index (χ2v) is 7.74. The number of non-ortho nitro benzene ring substituents is 1. The van der Waals surface area contributed by atoms with E-state index in [0.717, 1.165) is 22.9 Å². The molecule has 0 amide bonds. The maximum absolute atomic E-state index is 12.9. The molecule has 4 rings (SSSR count). The lowest BCUT2D eigenvalue weighted by atomic mass is 10.0. The standard InChI is InChI=1S/C22H14N6O4S/c1-27-22(24-25-26-27)33-20-11-8-17(28(30)31)12-19(20)21(29)32-18-9-6-16(7-10-18)15-4-2-14(13-23)3-5-15/h2-12H,1H3. The minimum Gasteiger partial charge on any atom is -0.423 e. The molecule has 0 radical (unpaired) electrons. The molecule has 11 heteroatoms. The van der Waals surface area contributed by atoms with Crippen molar-refractivity contribution in [2.75, 3.05) is 0 Å². The molecule has 0 N–H and O–H groups in total. The molecule has 0 aliphatic carbocycles. The van der Waals surface area contributed by atoms with Gasteiger partial charge < -0.3 is 4.74 Å². The summed E-state index contributed by atoms with van der Waals surface area (Å²) in [7, 11) is 1.64. The zero-order valence-electron chi connectivity index (χ0n) is 17.1. The molecule has 0 atom stereocenters. The number of hydrogen-bond acceptors (Lipinski definition) is 9. The fraction of sp³-hybridized carbons (Fsp3) is 0.0455. The van der Waals surface area contributed by atoms with Crippen LogP contribution in [0.3, 0.4) is 0 Å². The first kappa shape index (κ1) is 21.7. The van der Waals surface area contributed by atoms with Crippen molar-refractivity contribution in [1.29, 1.82) is 5.26 Å². The van der Waals surface area contributed by atoms with Crippen LogP contribution in [0.4, 0.5) is 5.69 Å². The summed E-state index contributed by atoms with van der Waals surface area (Å²) in [6.07, 6.45) is 0. The van der Waals surface area contributed by atoms with Gasteiger partial charge in [0.2, 0.25) is 5.16 Å². The largest absolute Gasteiger partial charge is 0.423 e. The molecule has 1 heterocycles. The van der Waals surface area contributed by atoms with Gasteiger partial charge in [0.15, 0.2) is 0 Å². The van der Waals surface area contributed by atoms with E-state index in [4.69, 9.17) is 10.00 Å². The van der Waals surface area contributed by atoms with Gasteiger partial charge in [-0.15, -0.1) is 5.10 Å². The highest BCUT2D eigenvalue weighted by Crippen LogP contribution is 2.32. The van der Waals surface area contributed by atoms with Gasteiger partial charge in [0.1, 0.15) is 5.75 Å². The van der Waals surface area contributed by atoms with Crippen molar-refractivity contribution in [2.45, 2.75) is 10.1 Å². The number of hydrogen-bond donors (Lipinski definition) is 0. The van der Waals surface area contributed by atoms with Gasteiger partial charge in [-0.05, 0) is 63.6 Å². The van der Waals surface area contributed by atoms with Crippen molar-refractivity contribution < 1.29 is 14.5 Å². The Kier molecular flexibility index (Phi) is 6.10. The first-order chi connectivity index (χ1) is 15.9. The van der Waals surface area contributed by atoms with Gasteiger partial charge in [0.05, 0.1) is 22.1 Å². The van der Waals surface area contributed by atoms with E-state index in [-0.39, 0.29) is 17.0 Å². The fourth-order valence-electron chi connectivity index (χ4n) is 2.90.